The second-order valence-electron chi connectivity index (χ2n) is 5.10. The Morgan fingerprint density at radius 1 is 1.35 bits per heavy atom. The van der Waals surface area contributed by atoms with Crippen LogP contribution in [0.25, 0.3) is 0 Å². The fraction of sp³-hybridized carbons (Fsp3) is 0.500. The molecule has 1 aromatic rings. The van der Waals surface area contributed by atoms with Gasteiger partial charge in [-0.05, 0) is 0 Å². The van der Waals surface area contributed by atoms with Crippen molar-refractivity contribution in [2.45, 2.75) is 13.3 Å². The van der Waals surface area contributed by atoms with Crippen LogP contribution in [0, 0.1) is 16.0 Å². The number of nitro benzene ring substituents is 1. The molecule has 0 aliphatic rings. The van der Waals surface area contributed by atoms with Crippen LogP contribution in [0.4, 0.5) is 5.69 Å². The Labute approximate surface area is 134 Å². The molecule has 0 aromatic heterocycles. The number of hydrogen-bond donors (Lipinski definition) is 1. The van der Waals surface area contributed by atoms with Gasteiger partial charge in [-0.3, -0.25) is 14.9 Å². The van der Waals surface area contributed by atoms with Gasteiger partial charge in [-0.1, -0.05) is 25.1 Å². The third-order valence-corrected chi connectivity index (χ3v) is 4.96. The average Bonchev–Trinajstić information content (AvgIpc) is 2.46. The number of benzene rings is 1. The number of para-hydroxylation sites is 1. The maximum absolute atomic E-state index is 11.7. The van der Waals surface area contributed by atoms with Gasteiger partial charge in [0, 0.05) is 18.1 Å². The zero-order valence-electron chi connectivity index (χ0n) is 12.7. The summed E-state index contributed by atoms with van der Waals surface area (Å²) in [7, 11) is -3.51. The zero-order chi connectivity index (χ0) is 17.5. The topological polar surface area (TPSA) is 124 Å². The molecule has 1 atom stereocenters. The van der Waals surface area contributed by atoms with Crippen LogP contribution in [-0.4, -0.2) is 49.1 Å². The first-order valence-electron chi connectivity index (χ1n) is 6.96. The van der Waals surface area contributed by atoms with E-state index in [0.29, 0.717) is 12.0 Å². The number of aliphatic carboxylic acids is 1. The summed E-state index contributed by atoms with van der Waals surface area (Å²) in [5.74, 6) is -2.84. The van der Waals surface area contributed by atoms with E-state index >= 15 is 0 Å². The molecular formula is C14H19NO7S. The molecule has 0 bridgehead atoms. The van der Waals surface area contributed by atoms with Crippen LogP contribution in [0.5, 0.6) is 0 Å². The monoisotopic (exact) mass is 345 g/mol. The minimum atomic E-state index is -3.51. The van der Waals surface area contributed by atoms with Crippen molar-refractivity contribution >= 4 is 21.5 Å². The molecule has 9 heteroatoms. The van der Waals surface area contributed by atoms with Crippen LogP contribution in [0.2, 0.25) is 0 Å². The van der Waals surface area contributed by atoms with Crippen LogP contribution in [0.15, 0.2) is 24.3 Å². The number of nitro groups is 1. The van der Waals surface area contributed by atoms with Crippen LogP contribution in [0.1, 0.15) is 12.5 Å². The molecule has 1 aromatic carbocycles. The Morgan fingerprint density at radius 2 is 2.00 bits per heavy atom. The van der Waals surface area contributed by atoms with E-state index in [1.54, 1.807) is 18.2 Å². The van der Waals surface area contributed by atoms with E-state index in [1.165, 1.54) is 13.0 Å². The molecule has 128 valence electrons. The predicted molar refractivity (Wildman–Crippen MR) is 83.1 cm³/mol. The number of nitrogens with zero attached hydrogens (tertiary/aromatic N) is 1. The number of hydrogen-bond acceptors (Lipinski definition) is 6. The van der Waals surface area contributed by atoms with Gasteiger partial charge in [0.15, 0.2) is 9.84 Å². The lowest BCUT2D eigenvalue weighted by Gasteiger charge is -2.08. The largest absolute Gasteiger partial charge is 0.481 e. The van der Waals surface area contributed by atoms with E-state index in [9.17, 15) is 23.3 Å². The van der Waals surface area contributed by atoms with Gasteiger partial charge in [0.1, 0.15) is 0 Å². The second kappa shape index (κ2) is 8.59. The lowest BCUT2D eigenvalue weighted by Crippen LogP contribution is -2.24. The van der Waals surface area contributed by atoms with Crippen LogP contribution >= 0.6 is 0 Å². The standard InChI is InChI=1S/C14H19NO7S/c1-11(14(16)17)10-23(20,21)9-8-22-7-6-12-4-2-3-5-13(12)15(18)19/h2-5,11H,6-10H2,1H3,(H,16,17). The summed E-state index contributed by atoms with van der Waals surface area (Å²) < 4.78 is 28.6. The van der Waals surface area contributed by atoms with Crippen molar-refractivity contribution in [3.63, 3.8) is 0 Å². The average molecular weight is 345 g/mol. The van der Waals surface area contributed by atoms with E-state index in [2.05, 4.69) is 0 Å². The number of carbonyl (C=O) groups is 1. The Kier molecular flexibility index (Phi) is 7.11. The summed E-state index contributed by atoms with van der Waals surface area (Å²) in [4.78, 5) is 21.0. The summed E-state index contributed by atoms with van der Waals surface area (Å²) in [6, 6.07) is 6.26. The summed E-state index contributed by atoms with van der Waals surface area (Å²) in [6.45, 7) is 1.40. The number of ether oxygens (including phenoxy) is 1. The first-order valence-corrected chi connectivity index (χ1v) is 8.78. The Balaban J connectivity index is 2.39. The molecule has 0 heterocycles. The smallest absolute Gasteiger partial charge is 0.307 e. The van der Waals surface area contributed by atoms with Crippen LogP contribution < -0.4 is 0 Å². The third kappa shape index (κ3) is 6.74. The van der Waals surface area contributed by atoms with Gasteiger partial charge in [0.05, 0.1) is 35.6 Å². The Hall–Kier alpha value is -2.00. The highest BCUT2D eigenvalue weighted by molar-refractivity contribution is 7.91. The second-order valence-corrected chi connectivity index (χ2v) is 7.33. The van der Waals surface area contributed by atoms with E-state index in [-0.39, 0.29) is 24.7 Å². The highest BCUT2D eigenvalue weighted by Crippen LogP contribution is 2.17. The number of carboxylic acids is 1. The van der Waals surface area contributed by atoms with Gasteiger partial charge in [0.25, 0.3) is 5.69 Å². The minimum Gasteiger partial charge on any atom is -0.481 e. The molecule has 0 spiro atoms. The predicted octanol–water partition coefficient (Wildman–Crippen LogP) is 1.29. The van der Waals surface area contributed by atoms with Crippen molar-refractivity contribution in [1.29, 1.82) is 0 Å². The Morgan fingerprint density at radius 3 is 2.61 bits per heavy atom. The normalized spacial score (nSPS) is 12.7. The maximum atomic E-state index is 11.7. The molecule has 1 N–H and O–H groups in total. The maximum Gasteiger partial charge on any atom is 0.307 e. The molecule has 0 saturated heterocycles. The number of rotatable bonds is 10. The zero-order valence-corrected chi connectivity index (χ0v) is 13.5. The van der Waals surface area contributed by atoms with Crippen molar-refractivity contribution in [2.75, 3.05) is 24.7 Å². The quantitative estimate of drug-likeness (QED) is 0.385. The van der Waals surface area contributed by atoms with Gasteiger partial charge >= 0.3 is 5.97 Å². The molecule has 0 radical (unpaired) electrons. The highest BCUT2D eigenvalue weighted by atomic mass is 32.2. The fourth-order valence-electron chi connectivity index (χ4n) is 1.91. The van der Waals surface area contributed by atoms with E-state index in [4.69, 9.17) is 9.84 Å². The number of carboxylic acid groups (broad SMARTS) is 1. The van der Waals surface area contributed by atoms with E-state index < -0.39 is 32.4 Å². The van der Waals surface area contributed by atoms with Crippen LogP contribution in [0.3, 0.4) is 0 Å². The summed E-state index contributed by atoms with van der Waals surface area (Å²) >= 11 is 0. The van der Waals surface area contributed by atoms with Crippen molar-refractivity contribution < 1.29 is 28.0 Å². The SMILES string of the molecule is CC(CS(=O)(=O)CCOCCc1ccccc1[N+](=O)[O-])C(=O)O. The first kappa shape index (κ1) is 19.0. The van der Waals surface area contributed by atoms with Crippen LogP contribution in [-0.2, 0) is 25.8 Å². The third-order valence-electron chi connectivity index (χ3n) is 3.17. The van der Waals surface area contributed by atoms with Gasteiger partial charge in [-0.2, -0.15) is 0 Å². The van der Waals surface area contributed by atoms with Crippen molar-refractivity contribution in [1.82, 2.24) is 0 Å². The molecule has 0 fully saturated rings. The van der Waals surface area contributed by atoms with Gasteiger partial charge < -0.3 is 9.84 Å². The van der Waals surface area contributed by atoms with Crippen molar-refractivity contribution in [3.8, 4) is 0 Å². The molecule has 0 saturated carbocycles. The first-order chi connectivity index (χ1) is 10.7. The number of sulfone groups is 1. The van der Waals surface area contributed by atoms with E-state index in [0.717, 1.165) is 0 Å². The molecule has 8 nitrogen and oxygen atoms in total. The lowest BCUT2D eigenvalue weighted by molar-refractivity contribution is -0.385. The van der Waals surface area contributed by atoms with Crippen molar-refractivity contribution in [3.05, 3.63) is 39.9 Å². The van der Waals surface area contributed by atoms with Gasteiger partial charge in [-0.25, -0.2) is 8.42 Å². The van der Waals surface area contributed by atoms with Crippen molar-refractivity contribution in [2.24, 2.45) is 5.92 Å². The molecule has 0 aliphatic carbocycles. The lowest BCUT2D eigenvalue weighted by atomic mass is 10.1. The molecule has 23 heavy (non-hydrogen) atoms. The van der Waals surface area contributed by atoms with Gasteiger partial charge in [-0.15, -0.1) is 0 Å². The highest BCUT2D eigenvalue weighted by Gasteiger charge is 2.20. The molecule has 1 rings (SSSR count). The minimum absolute atomic E-state index is 0.000922. The molecule has 0 aliphatic heterocycles. The molecule has 1 unspecified atom stereocenters. The summed E-state index contributed by atoms with van der Waals surface area (Å²) in [6.07, 6.45) is 0.294. The van der Waals surface area contributed by atoms with Gasteiger partial charge in [0.2, 0.25) is 0 Å². The van der Waals surface area contributed by atoms with E-state index in [1.807, 2.05) is 0 Å². The Bertz CT molecular complexity index is 657. The summed E-state index contributed by atoms with van der Waals surface area (Å²) in [5.41, 5.74) is 0.513. The molecular weight excluding hydrogens is 326 g/mol. The summed E-state index contributed by atoms with van der Waals surface area (Å²) in [5, 5.41) is 19.5. The fourth-order valence-corrected chi connectivity index (χ4v) is 3.35. The molecule has 0 amide bonds.